The molecule has 2 rings (SSSR count). The summed E-state index contributed by atoms with van der Waals surface area (Å²) < 4.78 is 1.67. The number of aliphatic hydroxyl groups is 1. The average Bonchev–Trinajstić information content (AvgIpc) is 2.67. The van der Waals surface area contributed by atoms with E-state index in [1.54, 1.807) is 23.0 Å². The van der Waals surface area contributed by atoms with E-state index in [0.717, 1.165) is 11.1 Å². The van der Waals surface area contributed by atoms with Crippen molar-refractivity contribution in [2.75, 3.05) is 6.61 Å². The Morgan fingerprint density at radius 3 is 2.81 bits per heavy atom. The maximum Gasteiger partial charge on any atom is 0.0641 e. The molecule has 0 atom stereocenters. The van der Waals surface area contributed by atoms with Crippen LogP contribution >= 0.6 is 23.2 Å². The van der Waals surface area contributed by atoms with Crippen molar-refractivity contribution in [2.45, 2.75) is 6.54 Å². The zero-order chi connectivity index (χ0) is 11.5. The summed E-state index contributed by atoms with van der Waals surface area (Å²) in [7, 11) is 0. The fourth-order valence-corrected chi connectivity index (χ4v) is 1.97. The lowest BCUT2D eigenvalue weighted by atomic mass is 10.1. The molecule has 84 valence electrons. The number of rotatable bonds is 3. The Bertz CT molecular complexity index is 496. The molecule has 1 N–H and O–H groups in total. The van der Waals surface area contributed by atoms with Gasteiger partial charge in [0.2, 0.25) is 0 Å². The fraction of sp³-hybridized carbons (Fsp3) is 0.182. The van der Waals surface area contributed by atoms with Gasteiger partial charge in [-0.2, -0.15) is 5.10 Å². The van der Waals surface area contributed by atoms with Crippen molar-refractivity contribution in [3.05, 3.63) is 40.6 Å². The molecule has 0 aliphatic heterocycles. The Balaban J connectivity index is 2.35. The van der Waals surface area contributed by atoms with Gasteiger partial charge in [-0.25, -0.2) is 0 Å². The van der Waals surface area contributed by atoms with E-state index in [0.29, 0.717) is 16.6 Å². The molecule has 16 heavy (non-hydrogen) atoms. The van der Waals surface area contributed by atoms with Crippen LogP contribution in [0.4, 0.5) is 0 Å². The van der Waals surface area contributed by atoms with Crippen LogP contribution in [0.15, 0.2) is 30.6 Å². The first-order chi connectivity index (χ1) is 7.70. The van der Waals surface area contributed by atoms with Crippen LogP contribution in [-0.2, 0) is 6.54 Å². The Hall–Kier alpha value is -1.03. The van der Waals surface area contributed by atoms with E-state index in [-0.39, 0.29) is 6.61 Å². The number of hydrogen-bond donors (Lipinski definition) is 1. The lowest BCUT2D eigenvalue weighted by Crippen LogP contribution is -2.01. The van der Waals surface area contributed by atoms with Crippen molar-refractivity contribution in [1.29, 1.82) is 0 Å². The van der Waals surface area contributed by atoms with E-state index in [2.05, 4.69) is 5.10 Å². The molecule has 0 amide bonds. The van der Waals surface area contributed by atoms with Crippen LogP contribution < -0.4 is 0 Å². The fourth-order valence-electron chi connectivity index (χ4n) is 1.45. The number of aromatic nitrogens is 2. The van der Waals surface area contributed by atoms with E-state index in [9.17, 15) is 0 Å². The van der Waals surface area contributed by atoms with Crippen molar-refractivity contribution in [1.82, 2.24) is 9.78 Å². The molecule has 0 aliphatic rings. The number of aliphatic hydroxyl groups excluding tert-OH is 1. The number of halogens is 2. The van der Waals surface area contributed by atoms with Gasteiger partial charge in [-0.15, -0.1) is 0 Å². The number of nitrogens with zero attached hydrogens (tertiary/aromatic N) is 2. The summed E-state index contributed by atoms with van der Waals surface area (Å²) in [6.45, 7) is 0.542. The molecule has 1 aromatic carbocycles. The van der Waals surface area contributed by atoms with Gasteiger partial charge in [0.15, 0.2) is 0 Å². The number of benzene rings is 1. The molecule has 0 radical (unpaired) electrons. The van der Waals surface area contributed by atoms with Crippen molar-refractivity contribution in [3.8, 4) is 11.1 Å². The molecule has 5 heteroatoms. The van der Waals surface area contributed by atoms with Crippen molar-refractivity contribution >= 4 is 23.2 Å². The monoisotopic (exact) mass is 256 g/mol. The summed E-state index contributed by atoms with van der Waals surface area (Å²) in [4.78, 5) is 0. The van der Waals surface area contributed by atoms with Gasteiger partial charge in [-0.05, 0) is 12.1 Å². The van der Waals surface area contributed by atoms with Gasteiger partial charge in [-0.3, -0.25) is 4.68 Å². The minimum Gasteiger partial charge on any atom is -0.394 e. The molecule has 0 spiro atoms. The molecule has 0 saturated heterocycles. The zero-order valence-corrected chi connectivity index (χ0v) is 9.91. The Morgan fingerprint density at radius 2 is 2.12 bits per heavy atom. The highest BCUT2D eigenvalue weighted by Crippen LogP contribution is 2.29. The second kappa shape index (κ2) is 4.87. The van der Waals surface area contributed by atoms with Crippen LogP contribution in [0.2, 0.25) is 10.0 Å². The SMILES string of the molecule is OCCn1cc(-c2ccc(Cl)cc2Cl)cn1. The summed E-state index contributed by atoms with van der Waals surface area (Å²) in [5.74, 6) is 0. The lowest BCUT2D eigenvalue weighted by Gasteiger charge is -2.01. The maximum absolute atomic E-state index is 8.79. The number of hydrogen-bond acceptors (Lipinski definition) is 2. The van der Waals surface area contributed by atoms with Crippen molar-refractivity contribution in [2.24, 2.45) is 0 Å². The minimum atomic E-state index is 0.0650. The van der Waals surface area contributed by atoms with Gasteiger partial charge in [-0.1, -0.05) is 29.3 Å². The molecule has 0 saturated carbocycles. The molecule has 0 fully saturated rings. The quantitative estimate of drug-likeness (QED) is 0.918. The van der Waals surface area contributed by atoms with Crippen LogP contribution in [0.5, 0.6) is 0 Å². The zero-order valence-electron chi connectivity index (χ0n) is 8.40. The van der Waals surface area contributed by atoms with E-state index >= 15 is 0 Å². The summed E-state index contributed by atoms with van der Waals surface area (Å²) >= 11 is 11.9. The van der Waals surface area contributed by atoms with Gasteiger partial charge in [0.1, 0.15) is 0 Å². The third-order valence-electron chi connectivity index (χ3n) is 2.20. The second-order valence-electron chi connectivity index (χ2n) is 3.34. The topological polar surface area (TPSA) is 38.0 Å². The molecule has 1 heterocycles. The molecule has 0 bridgehead atoms. The first kappa shape index (κ1) is 11.5. The van der Waals surface area contributed by atoms with Crippen LogP contribution in [0.25, 0.3) is 11.1 Å². The molecule has 0 aliphatic carbocycles. The van der Waals surface area contributed by atoms with Gasteiger partial charge < -0.3 is 5.11 Å². The highest BCUT2D eigenvalue weighted by molar-refractivity contribution is 6.36. The predicted octanol–water partition coefficient (Wildman–Crippen LogP) is 2.85. The minimum absolute atomic E-state index is 0.0650. The third-order valence-corrected chi connectivity index (χ3v) is 2.75. The normalized spacial score (nSPS) is 10.7. The first-order valence-corrected chi connectivity index (χ1v) is 5.55. The van der Waals surface area contributed by atoms with E-state index in [1.807, 2.05) is 12.3 Å². The third kappa shape index (κ3) is 2.38. The Kier molecular flexibility index (Phi) is 3.49. The van der Waals surface area contributed by atoms with Crippen LogP contribution in [0, 0.1) is 0 Å². The summed E-state index contributed by atoms with van der Waals surface area (Å²) in [5, 5.41) is 14.1. The van der Waals surface area contributed by atoms with E-state index in [4.69, 9.17) is 28.3 Å². The Labute approximate surface area is 103 Å². The highest BCUT2D eigenvalue weighted by atomic mass is 35.5. The van der Waals surface area contributed by atoms with Gasteiger partial charge in [0, 0.05) is 27.4 Å². The lowest BCUT2D eigenvalue weighted by molar-refractivity contribution is 0.269. The van der Waals surface area contributed by atoms with Crippen molar-refractivity contribution in [3.63, 3.8) is 0 Å². The van der Waals surface area contributed by atoms with Crippen LogP contribution in [0.1, 0.15) is 0 Å². The highest BCUT2D eigenvalue weighted by Gasteiger charge is 2.06. The van der Waals surface area contributed by atoms with Crippen LogP contribution in [-0.4, -0.2) is 21.5 Å². The molecule has 3 nitrogen and oxygen atoms in total. The molecular weight excluding hydrogens is 247 g/mol. The molecule has 0 unspecified atom stereocenters. The first-order valence-electron chi connectivity index (χ1n) is 4.79. The molecule has 2 aromatic rings. The van der Waals surface area contributed by atoms with Crippen molar-refractivity contribution < 1.29 is 5.11 Å². The summed E-state index contributed by atoms with van der Waals surface area (Å²) in [6.07, 6.45) is 3.55. The van der Waals surface area contributed by atoms with Crippen LogP contribution in [0.3, 0.4) is 0 Å². The standard InChI is InChI=1S/C11H10Cl2N2O/c12-9-1-2-10(11(13)5-9)8-6-14-15(7-8)3-4-16/h1-2,5-7,16H,3-4H2. The predicted molar refractivity (Wildman–Crippen MR) is 64.8 cm³/mol. The molecular formula is C11H10Cl2N2O. The summed E-state index contributed by atoms with van der Waals surface area (Å²) in [5.41, 5.74) is 1.80. The van der Waals surface area contributed by atoms with E-state index in [1.165, 1.54) is 0 Å². The second-order valence-corrected chi connectivity index (χ2v) is 4.18. The average molecular weight is 257 g/mol. The largest absolute Gasteiger partial charge is 0.394 e. The van der Waals surface area contributed by atoms with Gasteiger partial charge >= 0.3 is 0 Å². The summed E-state index contributed by atoms with van der Waals surface area (Å²) in [6, 6.07) is 5.33. The van der Waals surface area contributed by atoms with Gasteiger partial charge in [0.25, 0.3) is 0 Å². The molecule has 1 aromatic heterocycles. The Morgan fingerprint density at radius 1 is 1.31 bits per heavy atom. The van der Waals surface area contributed by atoms with Gasteiger partial charge in [0.05, 0.1) is 19.3 Å². The van der Waals surface area contributed by atoms with E-state index < -0.39 is 0 Å². The maximum atomic E-state index is 8.79. The smallest absolute Gasteiger partial charge is 0.0641 e.